The maximum atomic E-state index is 6.35. The van der Waals surface area contributed by atoms with Gasteiger partial charge in [0.15, 0.2) is 0 Å². The second kappa shape index (κ2) is 6.00. The van der Waals surface area contributed by atoms with E-state index in [2.05, 4.69) is 87.6 Å². The third-order valence-electron chi connectivity index (χ3n) is 6.01. The Bertz CT molecular complexity index is 833. The molecule has 0 aromatic heterocycles. The summed E-state index contributed by atoms with van der Waals surface area (Å²) >= 11 is 0. The van der Waals surface area contributed by atoms with Crippen LogP contribution in [0.3, 0.4) is 0 Å². The standard InChI is InChI=1S/C24H27N/c1-4-19-20-12-14-22(25)23(20)24(2,3)21(19)13-10-16-9-11-17-7-5-6-8-18(17)15-16/h4-9,11-15,17-18,22H,10,25H2,1-3H3/b19-4-,21-13+. The van der Waals surface area contributed by atoms with Crippen molar-refractivity contribution in [1.82, 2.24) is 0 Å². The summed E-state index contributed by atoms with van der Waals surface area (Å²) in [6.45, 7) is 6.76. The predicted molar refractivity (Wildman–Crippen MR) is 107 cm³/mol. The number of nitrogens with two attached hydrogens (primary N) is 1. The molecule has 1 heteroatoms. The number of fused-ring (bicyclic) bond motifs is 1. The van der Waals surface area contributed by atoms with Gasteiger partial charge in [0, 0.05) is 23.3 Å². The topological polar surface area (TPSA) is 26.0 Å². The van der Waals surface area contributed by atoms with Gasteiger partial charge in [-0.2, -0.15) is 0 Å². The molecule has 4 aliphatic rings. The summed E-state index contributed by atoms with van der Waals surface area (Å²) in [4.78, 5) is 0. The molecule has 1 nitrogen and oxygen atoms in total. The van der Waals surface area contributed by atoms with Gasteiger partial charge >= 0.3 is 0 Å². The van der Waals surface area contributed by atoms with Gasteiger partial charge < -0.3 is 5.73 Å². The molecule has 0 saturated heterocycles. The fourth-order valence-corrected chi connectivity index (χ4v) is 4.75. The molecule has 0 spiro atoms. The van der Waals surface area contributed by atoms with Gasteiger partial charge in [-0.1, -0.05) is 80.7 Å². The van der Waals surface area contributed by atoms with Crippen LogP contribution in [-0.2, 0) is 0 Å². The Morgan fingerprint density at radius 3 is 2.56 bits per heavy atom. The summed E-state index contributed by atoms with van der Waals surface area (Å²) in [7, 11) is 0. The van der Waals surface area contributed by atoms with Crippen molar-refractivity contribution in [3.8, 4) is 0 Å². The van der Waals surface area contributed by atoms with Gasteiger partial charge in [0.2, 0.25) is 0 Å². The molecule has 0 saturated carbocycles. The van der Waals surface area contributed by atoms with Crippen molar-refractivity contribution in [1.29, 1.82) is 0 Å². The smallest absolute Gasteiger partial charge is 0.0461 e. The largest absolute Gasteiger partial charge is 0.321 e. The Morgan fingerprint density at radius 1 is 1.04 bits per heavy atom. The van der Waals surface area contributed by atoms with E-state index in [0.717, 1.165) is 6.42 Å². The third-order valence-corrected chi connectivity index (χ3v) is 6.01. The van der Waals surface area contributed by atoms with Gasteiger partial charge in [-0.3, -0.25) is 0 Å². The molecule has 0 aromatic rings. The fourth-order valence-electron chi connectivity index (χ4n) is 4.75. The molecule has 0 amide bonds. The molecule has 0 fully saturated rings. The Kier molecular flexibility index (Phi) is 3.92. The minimum absolute atomic E-state index is 0.00898. The van der Waals surface area contributed by atoms with Crippen LogP contribution < -0.4 is 5.73 Å². The minimum atomic E-state index is 0.00898. The van der Waals surface area contributed by atoms with Gasteiger partial charge in [-0.15, -0.1) is 0 Å². The van der Waals surface area contributed by atoms with Gasteiger partial charge in [-0.05, 0) is 41.2 Å². The zero-order valence-electron chi connectivity index (χ0n) is 15.4. The first-order valence-corrected chi connectivity index (χ1v) is 9.32. The fraction of sp³-hybridized carbons (Fsp3) is 0.333. The normalized spacial score (nSPS) is 34.9. The van der Waals surface area contributed by atoms with E-state index in [-0.39, 0.29) is 11.5 Å². The second-order valence-corrected chi connectivity index (χ2v) is 7.89. The minimum Gasteiger partial charge on any atom is -0.321 e. The molecule has 0 heterocycles. The van der Waals surface area contributed by atoms with Crippen LogP contribution in [0.4, 0.5) is 0 Å². The maximum absolute atomic E-state index is 6.35. The van der Waals surface area contributed by atoms with Gasteiger partial charge in [0.1, 0.15) is 0 Å². The summed E-state index contributed by atoms with van der Waals surface area (Å²) < 4.78 is 0. The van der Waals surface area contributed by atoms with E-state index in [0.29, 0.717) is 11.8 Å². The van der Waals surface area contributed by atoms with Crippen molar-refractivity contribution in [3.63, 3.8) is 0 Å². The molecule has 4 aliphatic carbocycles. The number of rotatable bonds is 2. The Balaban J connectivity index is 1.61. The van der Waals surface area contributed by atoms with Crippen LogP contribution in [0.5, 0.6) is 0 Å². The average molecular weight is 329 g/mol. The molecular weight excluding hydrogens is 302 g/mol. The predicted octanol–water partition coefficient (Wildman–Crippen LogP) is 5.34. The summed E-state index contributed by atoms with van der Waals surface area (Å²) in [5.41, 5.74) is 13.3. The maximum Gasteiger partial charge on any atom is 0.0461 e. The Labute approximate surface area is 151 Å². The van der Waals surface area contributed by atoms with Crippen molar-refractivity contribution < 1.29 is 0 Å². The van der Waals surface area contributed by atoms with Crippen LogP contribution in [0.1, 0.15) is 27.2 Å². The lowest BCUT2D eigenvalue weighted by Gasteiger charge is -2.28. The second-order valence-electron chi connectivity index (χ2n) is 7.89. The van der Waals surface area contributed by atoms with Crippen molar-refractivity contribution in [2.75, 3.05) is 0 Å². The van der Waals surface area contributed by atoms with Gasteiger partial charge in [0.25, 0.3) is 0 Å². The molecule has 2 N–H and O–H groups in total. The van der Waals surface area contributed by atoms with Crippen molar-refractivity contribution in [2.45, 2.75) is 33.2 Å². The lowest BCUT2D eigenvalue weighted by atomic mass is 9.77. The molecule has 0 aromatic carbocycles. The van der Waals surface area contributed by atoms with E-state index in [9.17, 15) is 0 Å². The monoisotopic (exact) mass is 329 g/mol. The number of hydrogen-bond donors (Lipinski definition) is 1. The Hall–Kier alpha value is -2.12. The highest BCUT2D eigenvalue weighted by Gasteiger charge is 2.42. The van der Waals surface area contributed by atoms with Crippen molar-refractivity contribution in [2.24, 2.45) is 23.0 Å². The number of allylic oxidation sites excluding steroid dienone is 14. The summed E-state index contributed by atoms with van der Waals surface area (Å²) in [5, 5.41) is 0. The van der Waals surface area contributed by atoms with Gasteiger partial charge in [0.05, 0.1) is 0 Å². The van der Waals surface area contributed by atoms with Crippen molar-refractivity contribution in [3.05, 3.63) is 94.7 Å². The lowest BCUT2D eigenvalue weighted by molar-refractivity contribution is 0.535. The van der Waals surface area contributed by atoms with Crippen LogP contribution in [0.15, 0.2) is 94.7 Å². The van der Waals surface area contributed by atoms with Crippen molar-refractivity contribution >= 4 is 0 Å². The molecule has 4 rings (SSSR count). The summed E-state index contributed by atoms with van der Waals surface area (Å²) in [5.74, 6) is 1.05. The summed E-state index contributed by atoms with van der Waals surface area (Å²) in [6.07, 6.45) is 25.9. The Morgan fingerprint density at radius 2 is 1.80 bits per heavy atom. The first kappa shape index (κ1) is 16.4. The van der Waals surface area contributed by atoms with E-state index < -0.39 is 0 Å². The van der Waals surface area contributed by atoms with E-state index >= 15 is 0 Å². The quantitative estimate of drug-likeness (QED) is 0.727. The molecule has 25 heavy (non-hydrogen) atoms. The highest BCUT2D eigenvalue weighted by atomic mass is 14.7. The average Bonchev–Trinajstić information content (AvgIpc) is 3.09. The highest BCUT2D eigenvalue weighted by Crippen LogP contribution is 2.53. The summed E-state index contributed by atoms with van der Waals surface area (Å²) in [6, 6.07) is 0.0552. The van der Waals surface area contributed by atoms with Gasteiger partial charge in [-0.25, -0.2) is 0 Å². The zero-order chi connectivity index (χ0) is 17.6. The van der Waals surface area contributed by atoms with Crippen LogP contribution in [0, 0.1) is 17.3 Å². The van der Waals surface area contributed by atoms with Crippen LogP contribution in [0.25, 0.3) is 0 Å². The van der Waals surface area contributed by atoms with E-state index in [1.165, 1.54) is 27.9 Å². The molecule has 3 unspecified atom stereocenters. The first-order chi connectivity index (χ1) is 12.0. The van der Waals surface area contributed by atoms with Crippen LogP contribution in [0.2, 0.25) is 0 Å². The van der Waals surface area contributed by atoms with E-state index in [1.54, 1.807) is 0 Å². The third kappa shape index (κ3) is 2.58. The molecule has 3 atom stereocenters. The van der Waals surface area contributed by atoms with Crippen LogP contribution in [-0.4, -0.2) is 6.04 Å². The molecule has 0 aliphatic heterocycles. The molecule has 0 bridgehead atoms. The van der Waals surface area contributed by atoms with E-state index in [4.69, 9.17) is 5.73 Å². The zero-order valence-corrected chi connectivity index (χ0v) is 15.4. The molecule has 0 radical (unpaired) electrons. The first-order valence-electron chi connectivity index (χ1n) is 9.32. The number of hydrogen-bond acceptors (Lipinski definition) is 1. The molecular formula is C24H27N. The SMILES string of the molecule is C/C=C1/C2=C(C(N)C=C2)C(C)(C)/C1=C/CC1=CC2C=CC=CC2C=C1. The molecule has 128 valence electrons. The van der Waals surface area contributed by atoms with Crippen LogP contribution >= 0.6 is 0 Å². The highest BCUT2D eigenvalue weighted by molar-refractivity contribution is 5.69. The lowest BCUT2D eigenvalue weighted by Crippen LogP contribution is -2.27. The van der Waals surface area contributed by atoms with E-state index in [1.807, 2.05) is 0 Å².